The van der Waals surface area contributed by atoms with Crippen LogP contribution in [-0.4, -0.2) is 38.0 Å². The Morgan fingerprint density at radius 2 is 1.68 bits per heavy atom. The molecule has 2 saturated heterocycles. The number of carbonyl (C=O) groups excluding carboxylic acids is 1. The van der Waals surface area contributed by atoms with Gasteiger partial charge in [-0.05, 0) is 36.8 Å². The van der Waals surface area contributed by atoms with E-state index in [0.717, 1.165) is 15.7 Å². The Morgan fingerprint density at radius 1 is 1.00 bits per heavy atom. The number of anilines is 2. The number of hydrogen-bond donors (Lipinski definition) is 0. The largest absolute Gasteiger partial charge is 0.329 e. The maximum atomic E-state index is 13.2. The molecule has 4 rings (SSSR count). The van der Waals surface area contributed by atoms with Crippen LogP contribution in [0, 0.1) is 6.92 Å². The number of nitrogens with zero attached hydrogens (tertiary/aromatic N) is 2. The van der Waals surface area contributed by atoms with Gasteiger partial charge in [0.2, 0.25) is 0 Å². The Bertz CT molecular complexity index is 960. The maximum Gasteiger partial charge on any atom is 0.329 e. The van der Waals surface area contributed by atoms with Gasteiger partial charge in [0.05, 0.1) is 23.6 Å². The molecule has 0 saturated carbocycles. The first-order valence-corrected chi connectivity index (χ1v) is 10.6. The van der Waals surface area contributed by atoms with Crippen molar-refractivity contribution in [3.63, 3.8) is 0 Å². The summed E-state index contributed by atoms with van der Waals surface area (Å²) < 4.78 is 25.4. The van der Waals surface area contributed by atoms with Gasteiger partial charge < -0.3 is 0 Å². The van der Waals surface area contributed by atoms with Crippen LogP contribution in [0.3, 0.4) is 0 Å². The van der Waals surface area contributed by atoms with Crippen LogP contribution in [0.4, 0.5) is 16.2 Å². The predicted octanol–water partition coefficient (Wildman–Crippen LogP) is 3.37. The summed E-state index contributed by atoms with van der Waals surface area (Å²) in [5, 5.41) is 0. The second kappa shape index (κ2) is 5.85. The predicted molar refractivity (Wildman–Crippen MR) is 102 cm³/mol. The standard InChI is InChI=1S/C18H17BrN2O3S/c1-12-5-2-3-8-15(12)21-17-11-25(23,24)10-16(17)20(18(21)22)14-7-4-6-13(19)9-14/h2-9,16-17H,10-11H2,1H3/t16-,17-/m0/s1. The molecule has 2 aromatic carbocycles. The van der Waals surface area contributed by atoms with Gasteiger partial charge in [0.25, 0.3) is 0 Å². The topological polar surface area (TPSA) is 57.7 Å². The lowest BCUT2D eigenvalue weighted by Gasteiger charge is -2.24. The third kappa shape index (κ3) is 2.75. The number of amides is 2. The third-order valence-corrected chi connectivity index (χ3v) is 7.02. The van der Waals surface area contributed by atoms with Crippen LogP contribution in [0.1, 0.15) is 5.56 Å². The van der Waals surface area contributed by atoms with E-state index in [4.69, 9.17) is 0 Å². The minimum atomic E-state index is -3.18. The average Bonchev–Trinajstić information content (AvgIpc) is 2.97. The van der Waals surface area contributed by atoms with Crippen LogP contribution in [0.15, 0.2) is 53.0 Å². The molecule has 2 aliphatic rings. The van der Waals surface area contributed by atoms with E-state index < -0.39 is 9.84 Å². The molecule has 0 bridgehead atoms. The van der Waals surface area contributed by atoms with Gasteiger partial charge in [-0.15, -0.1) is 0 Å². The minimum Gasteiger partial charge on any atom is -0.288 e. The van der Waals surface area contributed by atoms with Crippen molar-refractivity contribution in [2.45, 2.75) is 19.0 Å². The molecular formula is C18H17BrN2O3S. The first-order chi connectivity index (χ1) is 11.9. The summed E-state index contributed by atoms with van der Waals surface area (Å²) in [5.74, 6) is 0.000541. The minimum absolute atomic E-state index is 0.00169. The lowest BCUT2D eigenvalue weighted by atomic mass is 10.1. The highest BCUT2D eigenvalue weighted by atomic mass is 79.9. The summed E-state index contributed by atoms with van der Waals surface area (Å²) >= 11 is 3.43. The van der Waals surface area contributed by atoms with Crippen LogP contribution in [0.25, 0.3) is 0 Å². The number of benzene rings is 2. The van der Waals surface area contributed by atoms with Crippen molar-refractivity contribution < 1.29 is 13.2 Å². The number of aryl methyl sites for hydroxylation is 1. The SMILES string of the molecule is Cc1ccccc1N1C(=O)N(c2cccc(Br)c2)[C@H]2CS(=O)(=O)C[C@@H]21. The van der Waals surface area contributed by atoms with Gasteiger partial charge in [-0.1, -0.05) is 40.2 Å². The molecule has 0 unspecified atom stereocenters. The van der Waals surface area contributed by atoms with Crippen molar-refractivity contribution in [2.75, 3.05) is 21.3 Å². The Balaban J connectivity index is 1.84. The number of hydrogen-bond acceptors (Lipinski definition) is 3. The number of carbonyl (C=O) groups is 1. The smallest absolute Gasteiger partial charge is 0.288 e. The van der Waals surface area contributed by atoms with Gasteiger partial charge >= 0.3 is 6.03 Å². The van der Waals surface area contributed by atoms with Gasteiger partial charge in [-0.2, -0.15) is 0 Å². The average molecular weight is 421 g/mol. The number of fused-ring (bicyclic) bond motifs is 1. The summed E-state index contributed by atoms with van der Waals surface area (Å²) in [7, 11) is -3.18. The molecule has 2 aromatic rings. The van der Waals surface area contributed by atoms with E-state index in [1.54, 1.807) is 9.80 Å². The molecule has 0 aromatic heterocycles. The monoisotopic (exact) mass is 420 g/mol. The van der Waals surface area contributed by atoms with E-state index in [9.17, 15) is 13.2 Å². The molecule has 2 fully saturated rings. The number of urea groups is 1. The molecule has 130 valence electrons. The third-order valence-electron chi connectivity index (χ3n) is 4.83. The molecular weight excluding hydrogens is 404 g/mol. The van der Waals surface area contributed by atoms with Crippen molar-refractivity contribution in [3.8, 4) is 0 Å². The zero-order chi connectivity index (χ0) is 17.8. The van der Waals surface area contributed by atoms with Crippen LogP contribution in [-0.2, 0) is 9.84 Å². The fourth-order valence-electron chi connectivity index (χ4n) is 3.75. The van der Waals surface area contributed by atoms with E-state index >= 15 is 0 Å². The van der Waals surface area contributed by atoms with Crippen LogP contribution in [0.2, 0.25) is 0 Å². The van der Waals surface area contributed by atoms with E-state index in [1.807, 2.05) is 55.5 Å². The molecule has 2 amide bonds. The lowest BCUT2D eigenvalue weighted by Crippen LogP contribution is -2.38. The normalized spacial score (nSPS) is 24.6. The molecule has 25 heavy (non-hydrogen) atoms. The maximum absolute atomic E-state index is 13.2. The lowest BCUT2D eigenvalue weighted by molar-refractivity contribution is 0.255. The first-order valence-electron chi connectivity index (χ1n) is 8.01. The van der Waals surface area contributed by atoms with Gasteiger partial charge in [0.15, 0.2) is 9.84 Å². The number of halogens is 1. The Hall–Kier alpha value is -1.86. The van der Waals surface area contributed by atoms with Crippen LogP contribution < -0.4 is 9.80 Å². The Morgan fingerprint density at radius 3 is 2.36 bits per heavy atom. The quantitative estimate of drug-likeness (QED) is 0.699. The summed E-state index contributed by atoms with van der Waals surface area (Å²) in [5.41, 5.74) is 2.44. The second-order valence-electron chi connectivity index (χ2n) is 6.50. The van der Waals surface area contributed by atoms with Gasteiger partial charge in [-0.25, -0.2) is 13.2 Å². The molecule has 0 N–H and O–H groups in total. The highest BCUT2D eigenvalue weighted by Gasteiger charge is 2.54. The fraction of sp³-hybridized carbons (Fsp3) is 0.278. The highest BCUT2D eigenvalue weighted by molar-refractivity contribution is 9.10. The van der Waals surface area contributed by atoms with E-state index in [2.05, 4.69) is 15.9 Å². The first kappa shape index (κ1) is 16.6. The van der Waals surface area contributed by atoms with E-state index in [1.165, 1.54) is 0 Å². The summed E-state index contributed by atoms with van der Waals surface area (Å²) in [4.78, 5) is 16.5. The van der Waals surface area contributed by atoms with E-state index in [-0.39, 0.29) is 29.6 Å². The van der Waals surface area contributed by atoms with Gasteiger partial charge in [0, 0.05) is 15.8 Å². The summed E-state index contributed by atoms with van der Waals surface area (Å²) in [6.07, 6.45) is 0. The van der Waals surface area contributed by atoms with E-state index in [0.29, 0.717) is 5.69 Å². The number of sulfone groups is 1. The van der Waals surface area contributed by atoms with Crippen LogP contribution in [0.5, 0.6) is 0 Å². The molecule has 2 aliphatic heterocycles. The fourth-order valence-corrected chi connectivity index (χ4v) is 6.05. The van der Waals surface area contributed by atoms with Crippen molar-refractivity contribution in [1.82, 2.24) is 0 Å². The molecule has 2 heterocycles. The summed E-state index contributed by atoms with van der Waals surface area (Å²) in [6, 6.07) is 14.1. The Labute approximate surface area is 155 Å². The Kier molecular flexibility index (Phi) is 3.88. The van der Waals surface area contributed by atoms with Crippen molar-refractivity contribution in [2.24, 2.45) is 0 Å². The molecule has 0 spiro atoms. The zero-order valence-electron chi connectivity index (χ0n) is 13.6. The highest BCUT2D eigenvalue weighted by Crippen LogP contribution is 2.39. The molecule has 7 heteroatoms. The van der Waals surface area contributed by atoms with Crippen molar-refractivity contribution >= 4 is 43.2 Å². The number of rotatable bonds is 2. The zero-order valence-corrected chi connectivity index (χ0v) is 16.0. The van der Waals surface area contributed by atoms with Gasteiger partial charge in [0.1, 0.15) is 0 Å². The van der Waals surface area contributed by atoms with Crippen molar-refractivity contribution in [1.29, 1.82) is 0 Å². The van der Waals surface area contributed by atoms with Crippen molar-refractivity contribution in [3.05, 3.63) is 58.6 Å². The van der Waals surface area contributed by atoms with Gasteiger partial charge in [-0.3, -0.25) is 9.80 Å². The molecule has 2 atom stereocenters. The molecule has 0 aliphatic carbocycles. The molecule has 5 nitrogen and oxygen atoms in total. The van der Waals surface area contributed by atoms with Crippen LogP contribution >= 0.6 is 15.9 Å². The molecule has 0 radical (unpaired) electrons. The number of para-hydroxylation sites is 1. The summed E-state index contributed by atoms with van der Waals surface area (Å²) in [6.45, 7) is 1.93. The second-order valence-corrected chi connectivity index (χ2v) is 9.57.